The van der Waals surface area contributed by atoms with Crippen LogP contribution in [0.1, 0.15) is 27.8 Å². The molecule has 1 heterocycles. The van der Waals surface area contributed by atoms with Gasteiger partial charge in [-0.05, 0) is 17.7 Å². The molecule has 15 heteroatoms. The highest BCUT2D eigenvalue weighted by molar-refractivity contribution is 7.80. The van der Waals surface area contributed by atoms with Gasteiger partial charge in [-0.2, -0.15) is 26.3 Å². The minimum absolute atomic E-state index is 0.134. The van der Waals surface area contributed by atoms with Crippen molar-refractivity contribution in [1.82, 2.24) is 4.57 Å². The Hall–Kier alpha value is -3.79. The maximum absolute atomic E-state index is 12.7. The monoisotopic (exact) mass is 608 g/mol. The molecule has 41 heavy (non-hydrogen) atoms. The number of aliphatic hydroxyl groups excluding tert-OH is 1. The van der Waals surface area contributed by atoms with E-state index in [1.807, 2.05) is 18.2 Å². The van der Waals surface area contributed by atoms with E-state index in [-0.39, 0.29) is 5.56 Å². The average Bonchev–Trinajstić information content (AvgIpc) is 3.19. The summed E-state index contributed by atoms with van der Waals surface area (Å²) in [5.74, 6) is -0.649. The third-order valence-electron chi connectivity index (χ3n) is 5.06. The number of hydrogen-bond donors (Lipinski definition) is 1. The number of aliphatic hydroxyl groups is 1. The Morgan fingerprint density at radius 1 is 0.902 bits per heavy atom. The van der Waals surface area contributed by atoms with Gasteiger partial charge < -0.3 is 9.66 Å². The highest BCUT2D eigenvalue weighted by Gasteiger charge is 2.45. The molecule has 0 saturated heterocycles. The molecule has 8 nitrogen and oxygen atoms in total. The van der Waals surface area contributed by atoms with Crippen molar-refractivity contribution >= 4 is 27.7 Å². The van der Waals surface area contributed by atoms with Crippen molar-refractivity contribution in [2.75, 3.05) is 7.11 Å². The molecule has 1 aromatic heterocycles. The Labute approximate surface area is 232 Å². The number of imidazole rings is 1. The van der Waals surface area contributed by atoms with Crippen LogP contribution in [0.4, 0.5) is 26.3 Å². The fourth-order valence-corrected chi connectivity index (χ4v) is 3.22. The molecule has 4 aromatic rings. The lowest BCUT2D eigenvalue weighted by atomic mass is 10.1. The molecule has 0 aliphatic heterocycles. The normalized spacial score (nSPS) is 12.1. The first kappa shape index (κ1) is 35.2. The Bertz CT molecular complexity index is 1440. The first-order chi connectivity index (χ1) is 18.9. The second-order valence-electron chi connectivity index (χ2n) is 7.89. The summed E-state index contributed by atoms with van der Waals surface area (Å²) >= 11 is 0. The van der Waals surface area contributed by atoms with Crippen molar-refractivity contribution in [3.8, 4) is 0 Å². The Morgan fingerprint density at radius 3 is 1.71 bits per heavy atom. The van der Waals surface area contributed by atoms with Crippen molar-refractivity contribution in [3.05, 3.63) is 102 Å². The number of aryl methyl sites for hydroxylation is 2. The van der Waals surface area contributed by atoms with Crippen LogP contribution in [0.3, 0.4) is 0 Å². The molecule has 0 radical (unpaired) electrons. The summed E-state index contributed by atoms with van der Waals surface area (Å²) in [6, 6.07) is 22.8. The lowest BCUT2D eigenvalue weighted by Crippen LogP contribution is -2.37. The number of rotatable bonds is 3. The van der Waals surface area contributed by atoms with E-state index < -0.39 is 34.7 Å². The van der Waals surface area contributed by atoms with Crippen LogP contribution in [-0.4, -0.2) is 42.2 Å². The smallest absolute Gasteiger partial charge is 0.495 e. The van der Waals surface area contributed by atoms with Crippen molar-refractivity contribution in [2.24, 2.45) is 14.1 Å². The first-order valence-electron chi connectivity index (χ1n) is 11.3. The summed E-state index contributed by atoms with van der Waals surface area (Å²) in [6.45, 7) is 0. The molecule has 0 bridgehead atoms. The minimum Gasteiger partial charge on any atom is -0.726 e. The number of nitrogens with zero attached hydrogens (tertiary/aromatic N) is 2. The highest BCUT2D eigenvalue weighted by atomic mass is 32.3. The fraction of sp³-hybridized carbons (Fsp3) is 0.231. The molecule has 0 fully saturated rings. The molecule has 1 N–H and O–H groups in total. The van der Waals surface area contributed by atoms with Crippen LogP contribution in [0.25, 0.3) is 11.0 Å². The number of halogens is 6. The highest BCUT2D eigenvalue weighted by Crippen LogP contribution is 2.32. The summed E-state index contributed by atoms with van der Waals surface area (Å²) in [6.07, 6.45) is -10.5. The zero-order valence-corrected chi connectivity index (χ0v) is 22.6. The van der Waals surface area contributed by atoms with Crippen LogP contribution in [0.15, 0.2) is 84.9 Å². The molecule has 1 unspecified atom stereocenters. The molecule has 0 amide bonds. The topological polar surface area (TPSA) is 113 Å². The van der Waals surface area contributed by atoms with Gasteiger partial charge in [0.15, 0.2) is 17.1 Å². The molecular formula is C26H26F6N2O6S. The van der Waals surface area contributed by atoms with Gasteiger partial charge in [-0.25, -0.2) is 17.6 Å². The lowest BCUT2D eigenvalue weighted by Gasteiger charge is -2.13. The molecule has 3 aromatic carbocycles. The zero-order valence-electron chi connectivity index (χ0n) is 21.8. The molecule has 4 rings (SSSR count). The van der Waals surface area contributed by atoms with Gasteiger partial charge in [0.1, 0.15) is 6.29 Å². The Kier molecular flexibility index (Phi) is 13.1. The standard InChI is InChI=1S/C10H10F3N2.C8H7F3O.C7H6O.CH4O4S/c1-14-7-5-3-4-6-8(7)15(2)9(14)10(11,12)13;9-8(10,11)7(12)6-4-2-1-3-5-6;8-6-7-4-2-1-3-5-7;1-5-6(2,3)4/h3-6H,1-2H3;1-5,7,12H;1-6H;1H3,(H,2,3,4)/q+1;;;/p-1. The van der Waals surface area contributed by atoms with Gasteiger partial charge in [0.05, 0.1) is 21.2 Å². The molecule has 0 saturated carbocycles. The fourth-order valence-electron chi connectivity index (χ4n) is 3.22. The van der Waals surface area contributed by atoms with Gasteiger partial charge >= 0.3 is 18.2 Å². The van der Waals surface area contributed by atoms with Gasteiger partial charge in [0.25, 0.3) is 0 Å². The molecule has 224 valence electrons. The predicted molar refractivity (Wildman–Crippen MR) is 135 cm³/mol. The number of fused-ring (bicyclic) bond motifs is 1. The molecule has 0 aliphatic carbocycles. The number of carbonyl (C=O) groups is 1. The second-order valence-corrected chi connectivity index (χ2v) is 9.04. The lowest BCUT2D eigenvalue weighted by molar-refractivity contribution is -0.667. The quantitative estimate of drug-likeness (QED) is 0.117. The maximum atomic E-state index is 12.7. The third kappa shape index (κ3) is 11.7. The molecular weight excluding hydrogens is 582 g/mol. The van der Waals surface area contributed by atoms with Crippen molar-refractivity contribution in [3.63, 3.8) is 0 Å². The third-order valence-corrected chi connectivity index (χ3v) is 5.47. The number of aromatic nitrogens is 2. The zero-order chi connectivity index (χ0) is 31.4. The molecule has 0 aliphatic rings. The Balaban J connectivity index is 0.000000290. The predicted octanol–water partition coefficient (Wildman–Crippen LogP) is 4.90. The van der Waals surface area contributed by atoms with Gasteiger partial charge in [0, 0.05) is 5.56 Å². The number of alkyl halides is 6. The van der Waals surface area contributed by atoms with Crippen molar-refractivity contribution in [2.45, 2.75) is 18.5 Å². The summed E-state index contributed by atoms with van der Waals surface area (Å²) in [5.41, 5.74) is 1.75. The maximum Gasteiger partial charge on any atom is 0.495 e. The van der Waals surface area contributed by atoms with E-state index in [0.717, 1.165) is 28.1 Å². The Morgan fingerprint density at radius 2 is 1.34 bits per heavy atom. The second kappa shape index (κ2) is 15.3. The molecule has 1 atom stereocenters. The summed E-state index contributed by atoms with van der Waals surface area (Å²) in [5, 5.41) is 8.73. The minimum atomic E-state index is -4.58. The van der Waals surface area contributed by atoms with Crippen LogP contribution in [-0.2, 0) is 34.9 Å². The summed E-state index contributed by atoms with van der Waals surface area (Å²) < 4.78 is 107. The largest absolute Gasteiger partial charge is 0.726 e. The van der Waals surface area contributed by atoms with Crippen LogP contribution in [0.2, 0.25) is 0 Å². The number of carbonyl (C=O) groups excluding carboxylic acids is 1. The average molecular weight is 609 g/mol. The SMILES string of the molecule is COS(=O)(=O)[O-].Cn1c(C(F)(F)F)[n+](C)c2ccccc21.O=Cc1ccccc1.OC(c1ccccc1)C(F)(F)F. The molecule has 0 spiro atoms. The summed E-state index contributed by atoms with van der Waals surface area (Å²) in [4.78, 5) is 10.0. The van der Waals surface area contributed by atoms with Crippen LogP contribution >= 0.6 is 0 Å². The van der Waals surface area contributed by atoms with Gasteiger partial charge in [0.2, 0.25) is 10.4 Å². The van der Waals surface area contributed by atoms with E-state index >= 15 is 0 Å². The van der Waals surface area contributed by atoms with Crippen LogP contribution < -0.4 is 4.57 Å². The van der Waals surface area contributed by atoms with Crippen LogP contribution in [0.5, 0.6) is 0 Å². The van der Waals surface area contributed by atoms with Crippen molar-refractivity contribution in [1.29, 1.82) is 0 Å². The van der Waals surface area contributed by atoms with Gasteiger partial charge in [-0.1, -0.05) is 72.8 Å². The van der Waals surface area contributed by atoms with E-state index in [1.165, 1.54) is 38.4 Å². The number of para-hydroxylation sites is 2. The summed E-state index contributed by atoms with van der Waals surface area (Å²) in [7, 11) is -0.761. The first-order valence-corrected chi connectivity index (χ1v) is 12.6. The van der Waals surface area contributed by atoms with E-state index in [4.69, 9.17) is 5.11 Å². The van der Waals surface area contributed by atoms with E-state index in [1.54, 1.807) is 42.5 Å². The van der Waals surface area contributed by atoms with E-state index in [9.17, 15) is 44.1 Å². The van der Waals surface area contributed by atoms with Crippen molar-refractivity contribution < 1.29 is 58.0 Å². The van der Waals surface area contributed by atoms with Gasteiger partial charge in [-0.15, -0.1) is 0 Å². The van der Waals surface area contributed by atoms with E-state index in [2.05, 4.69) is 4.18 Å². The van der Waals surface area contributed by atoms with Crippen LogP contribution in [0, 0.1) is 0 Å². The number of hydrogen-bond acceptors (Lipinski definition) is 6. The van der Waals surface area contributed by atoms with Gasteiger partial charge in [-0.3, -0.25) is 8.98 Å². The number of aldehydes is 1. The number of benzene rings is 3. The van der Waals surface area contributed by atoms with E-state index in [0.29, 0.717) is 11.0 Å².